The molecule has 2 heterocycles. The van der Waals surface area contributed by atoms with E-state index in [1.54, 1.807) is 13.1 Å². The van der Waals surface area contributed by atoms with Gasteiger partial charge in [0.25, 0.3) is 0 Å². The summed E-state index contributed by atoms with van der Waals surface area (Å²) in [6.45, 7) is 5.45. The van der Waals surface area contributed by atoms with Crippen molar-refractivity contribution in [2.24, 2.45) is 0 Å². The first-order valence-corrected chi connectivity index (χ1v) is 6.32. The first-order chi connectivity index (χ1) is 9.02. The van der Waals surface area contributed by atoms with Gasteiger partial charge in [0.2, 0.25) is 0 Å². The van der Waals surface area contributed by atoms with E-state index < -0.39 is 24.1 Å². The molecule has 1 saturated heterocycles. The molecule has 0 amide bonds. The number of ether oxygens (including phenoxy) is 1. The minimum absolute atomic E-state index is 0.184. The third-order valence-corrected chi connectivity index (χ3v) is 2.87. The molecule has 7 heteroatoms. The van der Waals surface area contributed by atoms with Gasteiger partial charge in [0.15, 0.2) is 0 Å². The highest BCUT2D eigenvalue weighted by molar-refractivity contribution is 5.35. The summed E-state index contributed by atoms with van der Waals surface area (Å²) < 4.78 is 6.65. The monoisotopic (exact) mass is 271 g/mol. The van der Waals surface area contributed by atoms with Gasteiger partial charge in [-0.05, 0) is 6.92 Å². The third-order valence-electron chi connectivity index (χ3n) is 2.87. The first-order valence-electron chi connectivity index (χ1n) is 6.32. The molecule has 2 rings (SSSR count). The van der Waals surface area contributed by atoms with E-state index >= 15 is 0 Å². The fourth-order valence-corrected chi connectivity index (χ4v) is 1.84. The molecule has 0 bridgehead atoms. The Balaban J connectivity index is 0.000000861. The van der Waals surface area contributed by atoms with E-state index in [0.29, 0.717) is 5.56 Å². The number of nitrogen functional groups attached to an aromatic ring is 1. The van der Waals surface area contributed by atoms with E-state index in [4.69, 9.17) is 15.6 Å². The molecule has 1 aromatic heterocycles. The molecular weight excluding hydrogens is 250 g/mol. The summed E-state index contributed by atoms with van der Waals surface area (Å²) in [7, 11) is 0. The van der Waals surface area contributed by atoms with Gasteiger partial charge in [-0.2, -0.15) is 4.98 Å². The number of aromatic nitrogens is 2. The summed E-state index contributed by atoms with van der Waals surface area (Å²) >= 11 is 0. The number of hydrogen-bond donors (Lipinski definition) is 3. The highest BCUT2D eigenvalue weighted by Crippen LogP contribution is 2.27. The second-order valence-corrected chi connectivity index (χ2v) is 4.11. The van der Waals surface area contributed by atoms with Crippen LogP contribution < -0.4 is 11.4 Å². The Bertz CT molecular complexity index is 475. The minimum Gasteiger partial charge on any atom is -0.394 e. The van der Waals surface area contributed by atoms with E-state index in [2.05, 4.69) is 4.98 Å². The van der Waals surface area contributed by atoms with Crippen molar-refractivity contribution in [3.05, 3.63) is 22.2 Å². The molecule has 0 spiro atoms. The van der Waals surface area contributed by atoms with Crippen LogP contribution in [0.3, 0.4) is 0 Å². The number of aryl methyl sites for hydroxylation is 1. The van der Waals surface area contributed by atoms with Crippen molar-refractivity contribution in [1.29, 1.82) is 0 Å². The summed E-state index contributed by atoms with van der Waals surface area (Å²) in [5, 5.41) is 18.6. The summed E-state index contributed by atoms with van der Waals surface area (Å²) in [5.74, 6) is 0.184. The van der Waals surface area contributed by atoms with Crippen LogP contribution in [0.25, 0.3) is 0 Å². The lowest BCUT2D eigenvalue weighted by Crippen LogP contribution is -2.28. The van der Waals surface area contributed by atoms with Crippen LogP contribution >= 0.6 is 0 Å². The number of nitrogens with zero attached hydrogens (tertiary/aromatic N) is 2. The van der Waals surface area contributed by atoms with E-state index in [1.165, 1.54) is 4.57 Å². The fraction of sp³-hybridized carbons (Fsp3) is 0.667. The van der Waals surface area contributed by atoms with Crippen LogP contribution in [0.1, 0.15) is 32.1 Å². The highest BCUT2D eigenvalue weighted by Gasteiger charge is 2.35. The van der Waals surface area contributed by atoms with Gasteiger partial charge in [-0.25, -0.2) is 4.79 Å². The maximum atomic E-state index is 11.6. The lowest BCUT2D eigenvalue weighted by Gasteiger charge is -2.15. The summed E-state index contributed by atoms with van der Waals surface area (Å²) in [5.41, 5.74) is 5.65. The summed E-state index contributed by atoms with van der Waals surface area (Å²) in [6, 6.07) is 0. The Morgan fingerprint density at radius 1 is 1.58 bits per heavy atom. The number of aliphatic hydroxyl groups excluding tert-OH is 2. The Hall–Kier alpha value is -1.44. The Kier molecular flexibility index (Phi) is 5.46. The quantitative estimate of drug-likeness (QED) is 0.687. The van der Waals surface area contributed by atoms with Crippen molar-refractivity contribution in [2.75, 3.05) is 12.3 Å². The molecule has 1 aliphatic heterocycles. The normalized spacial score (nSPS) is 25.8. The van der Waals surface area contributed by atoms with Crippen molar-refractivity contribution in [3.8, 4) is 0 Å². The van der Waals surface area contributed by atoms with Gasteiger partial charge in [-0.15, -0.1) is 0 Å². The van der Waals surface area contributed by atoms with Crippen LogP contribution in [0.2, 0.25) is 0 Å². The van der Waals surface area contributed by atoms with Gasteiger partial charge in [0.05, 0.1) is 12.7 Å². The van der Waals surface area contributed by atoms with Crippen LogP contribution in [0.15, 0.2) is 11.0 Å². The van der Waals surface area contributed by atoms with Gasteiger partial charge in [-0.1, -0.05) is 13.8 Å². The molecule has 1 fully saturated rings. The number of rotatable bonds is 2. The van der Waals surface area contributed by atoms with E-state index in [9.17, 15) is 9.90 Å². The SMILES string of the molecule is CC.Cc1cn(C2CC(O)C(CO)O2)c(=O)nc1N. The second kappa shape index (κ2) is 6.65. The maximum Gasteiger partial charge on any atom is 0.351 e. The average molecular weight is 271 g/mol. The molecule has 0 saturated carbocycles. The van der Waals surface area contributed by atoms with Crippen LogP contribution in [0.5, 0.6) is 0 Å². The van der Waals surface area contributed by atoms with Crippen LogP contribution in [0, 0.1) is 6.92 Å². The standard InChI is InChI=1S/C10H15N3O4.C2H6/c1-5-3-13(10(16)12-9(5)11)8-2-6(15)7(4-14)17-8;1-2/h3,6-8,14-15H,2,4H2,1H3,(H2,11,12,16);1-2H3. The second-order valence-electron chi connectivity index (χ2n) is 4.11. The van der Waals surface area contributed by atoms with Gasteiger partial charge in [0.1, 0.15) is 18.1 Å². The zero-order chi connectivity index (χ0) is 14.6. The van der Waals surface area contributed by atoms with Crippen molar-refractivity contribution in [3.63, 3.8) is 0 Å². The van der Waals surface area contributed by atoms with Crippen LogP contribution in [0.4, 0.5) is 5.82 Å². The molecule has 0 aromatic carbocycles. The van der Waals surface area contributed by atoms with Crippen LogP contribution in [-0.2, 0) is 4.74 Å². The minimum atomic E-state index is -0.783. The van der Waals surface area contributed by atoms with Crippen molar-refractivity contribution in [2.45, 2.75) is 45.6 Å². The van der Waals surface area contributed by atoms with Gasteiger partial charge in [0, 0.05) is 18.2 Å². The summed E-state index contributed by atoms with van der Waals surface area (Å²) in [6.07, 6.45) is -0.265. The molecule has 3 unspecified atom stereocenters. The number of anilines is 1. The highest BCUT2D eigenvalue weighted by atomic mass is 16.5. The van der Waals surface area contributed by atoms with Crippen molar-refractivity contribution in [1.82, 2.24) is 9.55 Å². The maximum absolute atomic E-state index is 11.6. The molecule has 0 radical (unpaired) electrons. The van der Waals surface area contributed by atoms with E-state index in [1.807, 2.05) is 13.8 Å². The number of nitrogens with two attached hydrogens (primary N) is 1. The fourth-order valence-electron chi connectivity index (χ4n) is 1.84. The number of aliphatic hydroxyl groups is 2. The van der Waals surface area contributed by atoms with Gasteiger partial charge < -0.3 is 20.7 Å². The predicted molar refractivity (Wildman–Crippen MR) is 70.6 cm³/mol. The van der Waals surface area contributed by atoms with E-state index in [-0.39, 0.29) is 18.8 Å². The zero-order valence-corrected chi connectivity index (χ0v) is 11.4. The Morgan fingerprint density at radius 2 is 2.21 bits per heavy atom. The van der Waals surface area contributed by atoms with Crippen molar-refractivity contribution >= 4 is 5.82 Å². The smallest absolute Gasteiger partial charge is 0.351 e. The summed E-state index contributed by atoms with van der Waals surface area (Å²) in [4.78, 5) is 15.3. The molecule has 19 heavy (non-hydrogen) atoms. The Labute approximate surface area is 111 Å². The first kappa shape index (κ1) is 15.6. The largest absolute Gasteiger partial charge is 0.394 e. The zero-order valence-electron chi connectivity index (χ0n) is 11.4. The molecule has 4 N–H and O–H groups in total. The van der Waals surface area contributed by atoms with E-state index in [0.717, 1.165) is 0 Å². The topological polar surface area (TPSA) is 111 Å². The number of hydrogen-bond acceptors (Lipinski definition) is 6. The molecule has 3 atom stereocenters. The molecular formula is C12H21N3O4. The molecule has 7 nitrogen and oxygen atoms in total. The Morgan fingerprint density at radius 3 is 2.74 bits per heavy atom. The van der Waals surface area contributed by atoms with Crippen LogP contribution in [-0.4, -0.2) is 38.6 Å². The lowest BCUT2D eigenvalue weighted by atomic mass is 10.2. The van der Waals surface area contributed by atoms with Gasteiger partial charge in [-0.3, -0.25) is 4.57 Å². The predicted octanol–water partition coefficient (Wildman–Crippen LogP) is -0.199. The molecule has 108 valence electrons. The van der Waals surface area contributed by atoms with Crippen molar-refractivity contribution < 1.29 is 14.9 Å². The third kappa shape index (κ3) is 3.31. The van der Waals surface area contributed by atoms with Gasteiger partial charge >= 0.3 is 5.69 Å². The average Bonchev–Trinajstić information content (AvgIpc) is 2.77. The molecule has 0 aliphatic carbocycles. The molecule has 1 aliphatic rings. The lowest BCUT2D eigenvalue weighted by molar-refractivity contribution is -0.0459. The molecule has 1 aromatic rings.